The first-order valence-electron chi connectivity index (χ1n) is 14.1. The highest BCUT2D eigenvalue weighted by atomic mass is 16.1. The van der Waals surface area contributed by atoms with Crippen molar-refractivity contribution in [3.8, 4) is 0 Å². The van der Waals surface area contributed by atoms with Gasteiger partial charge in [-0.15, -0.1) is 0 Å². The monoisotopic (exact) mass is 487 g/mol. The van der Waals surface area contributed by atoms with Gasteiger partial charge < -0.3 is 4.90 Å². The summed E-state index contributed by atoms with van der Waals surface area (Å²) >= 11 is 0. The maximum absolute atomic E-state index is 13.9. The summed E-state index contributed by atoms with van der Waals surface area (Å²) in [6, 6.07) is 6.07. The first-order valence-corrected chi connectivity index (χ1v) is 14.1. The van der Waals surface area contributed by atoms with Crippen LogP contribution >= 0.6 is 0 Å². The Hall–Kier alpha value is -2.27. The van der Waals surface area contributed by atoms with Gasteiger partial charge in [0, 0.05) is 43.7 Å². The van der Waals surface area contributed by atoms with E-state index in [9.17, 15) is 9.59 Å². The number of fused-ring (bicyclic) bond motifs is 5. The summed E-state index contributed by atoms with van der Waals surface area (Å²) in [5.41, 5.74) is 1.49. The Labute approximate surface area is 216 Å². The third-order valence-corrected chi connectivity index (χ3v) is 11.0. The average Bonchev–Trinajstić information content (AvgIpc) is 3.15. The molecule has 3 saturated carbocycles. The van der Waals surface area contributed by atoms with E-state index in [1.165, 1.54) is 24.8 Å². The number of rotatable bonds is 4. The number of nitrogens with zero attached hydrogens (tertiary/aromatic N) is 3. The van der Waals surface area contributed by atoms with Gasteiger partial charge in [0.2, 0.25) is 0 Å². The van der Waals surface area contributed by atoms with Crippen LogP contribution in [0.15, 0.2) is 48.2 Å². The highest BCUT2D eigenvalue weighted by molar-refractivity contribution is 6.01. The minimum absolute atomic E-state index is 0.0246. The number of aromatic nitrogens is 1. The molecule has 6 rings (SSSR count). The third-order valence-electron chi connectivity index (χ3n) is 11.0. The van der Waals surface area contributed by atoms with E-state index in [0.29, 0.717) is 36.0 Å². The molecular weight excluding hydrogens is 446 g/mol. The summed E-state index contributed by atoms with van der Waals surface area (Å²) < 4.78 is 0. The first kappa shape index (κ1) is 24.1. The highest BCUT2D eigenvalue weighted by Gasteiger charge is 2.61. The molecule has 0 spiro atoms. The molecule has 4 aliphatic carbocycles. The smallest absolute Gasteiger partial charge is 0.178 e. The number of carbonyl (C=O) groups excluding carboxylic acids is 2. The fourth-order valence-electron chi connectivity index (χ4n) is 9.24. The number of allylic oxidation sites excluding steroid dienone is 4. The van der Waals surface area contributed by atoms with Gasteiger partial charge in [0.25, 0.3) is 0 Å². The minimum atomic E-state index is 0.0246. The maximum Gasteiger partial charge on any atom is 0.178 e. The third kappa shape index (κ3) is 3.81. The lowest BCUT2D eigenvalue weighted by Crippen LogP contribution is -2.52. The molecule has 0 amide bonds. The fraction of sp³-hybridized carbons (Fsp3) is 0.645. The van der Waals surface area contributed by atoms with Crippen molar-refractivity contribution in [2.45, 2.75) is 52.9 Å². The Morgan fingerprint density at radius 2 is 1.92 bits per heavy atom. The summed E-state index contributed by atoms with van der Waals surface area (Å²) in [5.74, 6) is 4.17. The zero-order valence-electron chi connectivity index (χ0n) is 22.2. The molecule has 0 radical (unpaired) electrons. The summed E-state index contributed by atoms with van der Waals surface area (Å²) in [6.45, 7) is 11.5. The van der Waals surface area contributed by atoms with Gasteiger partial charge in [-0.25, -0.2) is 4.98 Å². The van der Waals surface area contributed by atoms with Gasteiger partial charge in [0.05, 0.1) is 6.54 Å². The molecule has 0 bridgehead atoms. The van der Waals surface area contributed by atoms with E-state index in [1.807, 2.05) is 24.4 Å². The van der Waals surface area contributed by atoms with Gasteiger partial charge in [0.1, 0.15) is 5.82 Å². The molecule has 5 heteroatoms. The van der Waals surface area contributed by atoms with E-state index in [4.69, 9.17) is 0 Å². The van der Waals surface area contributed by atoms with Crippen molar-refractivity contribution >= 4 is 17.4 Å². The number of carbonyl (C=O) groups is 2. The van der Waals surface area contributed by atoms with Gasteiger partial charge >= 0.3 is 0 Å². The molecule has 7 atom stereocenters. The Balaban J connectivity index is 1.14. The molecule has 5 aliphatic rings. The van der Waals surface area contributed by atoms with E-state index < -0.39 is 0 Å². The Morgan fingerprint density at radius 3 is 2.67 bits per heavy atom. The predicted octanol–water partition coefficient (Wildman–Crippen LogP) is 4.94. The van der Waals surface area contributed by atoms with Crippen LogP contribution in [0, 0.1) is 40.4 Å². The molecule has 2 heterocycles. The molecule has 5 nitrogen and oxygen atoms in total. The Kier molecular flexibility index (Phi) is 5.98. The summed E-state index contributed by atoms with van der Waals surface area (Å²) in [7, 11) is 0. The van der Waals surface area contributed by atoms with Crippen molar-refractivity contribution in [3.05, 3.63) is 48.2 Å². The quantitative estimate of drug-likeness (QED) is 0.602. The number of ketones is 2. The Morgan fingerprint density at radius 1 is 1.11 bits per heavy atom. The molecular formula is C31H41N3O2. The maximum atomic E-state index is 13.9. The van der Waals surface area contributed by atoms with Crippen molar-refractivity contribution < 1.29 is 9.59 Å². The standard InChI is InChI=1S/C31H41N3O2/c1-21-18-26-24-8-7-22-19-23(35)9-11-30(22,2)25(24)10-12-31(26,3)29(21)27(36)20-33-14-16-34(17-15-33)28-6-4-5-13-32-28/h4-6,9,11,13,19,21,24-26,29H,7-8,10,12,14-18,20H2,1-3H3/t21?,24-,25+,26+,29-,30+,31+/m1/s1. The zero-order chi connectivity index (χ0) is 25.1. The average molecular weight is 488 g/mol. The van der Waals surface area contributed by atoms with E-state index in [1.54, 1.807) is 6.08 Å². The summed E-state index contributed by atoms with van der Waals surface area (Å²) in [5, 5.41) is 0. The number of pyridine rings is 1. The first-order chi connectivity index (χ1) is 17.3. The van der Waals surface area contributed by atoms with Crippen LogP contribution in [0.3, 0.4) is 0 Å². The lowest BCUT2D eigenvalue weighted by molar-refractivity contribution is -0.132. The largest absolute Gasteiger partial charge is 0.354 e. The highest BCUT2D eigenvalue weighted by Crippen LogP contribution is 2.67. The van der Waals surface area contributed by atoms with Crippen molar-refractivity contribution in [1.29, 1.82) is 0 Å². The second kappa shape index (κ2) is 8.93. The van der Waals surface area contributed by atoms with Crippen LogP contribution in [0.5, 0.6) is 0 Å². The Bertz CT molecular complexity index is 1090. The van der Waals surface area contributed by atoms with Crippen LogP contribution in [0.4, 0.5) is 5.82 Å². The van der Waals surface area contributed by atoms with Crippen LogP contribution in [-0.4, -0.2) is 54.2 Å². The number of anilines is 1. The van der Waals surface area contributed by atoms with E-state index in [0.717, 1.165) is 44.8 Å². The van der Waals surface area contributed by atoms with Gasteiger partial charge in [-0.2, -0.15) is 0 Å². The number of Topliss-reactive ketones (excluding diaryl/α,β-unsaturated/α-hetero) is 1. The molecule has 0 N–H and O–H groups in total. The fourth-order valence-corrected chi connectivity index (χ4v) is 9.24. The number of hydrogen-bond acceptors (Lipinski definition) is 5. The molecule has 1 saturated heterocycles. The molecule has 4 fully saturated rings. The topological polar surface area (TPSA) is 53.5 Å². The van der Waals surface area contributed by atoms with Crippen molar-refractivity contribution in [3.63, 3.8) is 0 Å². The second-order valence-corrected chi connectivity index (χ2v) is 12.8. The molecule has 1 unspecified atom stereocenters. The van der Waals surface area contributed by atoms with Crippen molar-refractivity contribution in [1.82, 2.24) is 9.88 Å². The molecule has 36 heavy (non-hydrogen) atoms. The minimum Gasteiger partial charge on any atom is -0.354 e. The van der Waals surface area contributed by atoms with Crippen LogP contribution in [-0.2, 0) is 9.59 Å². The number of piperazine rings is 1. The van der Waals surface area contributed by atoms with E-state index in [-0.39, 0.29) is 22.5 Å². The predicted molar refractivity (Wildman–Crippen MR) is 143 cm³/mol. The molecule has 1 aromatic rings. The van der Waals surface area contributed by atoms with Crippen molar-refractivity contribution in [2.75, 3.05) is 37.6 Å². The van der Waals surface area contributed by atoms with Crippen LogP contribution < -0.4 is 4.90 Å². The lowest BCUT2D eigenvalue weighted by atomic mass is 9.47. The van der Waals surface area contributed by atoms with Gasteiger partial charge in [-0.05, 0) is 85.5 Å². The molecule has 1 aliphatic heterocycles. The van der Waals surface area contributed by atoms with Crippen molar-refractivity contribution in [2.24, 2.45) is 40.4 Å². The van der Waals surface area contributed by atoms with E-state index in [2.05, 4.69) is 47.7 Å². The molecule has 192 valence electrons. The second-order valence-electron chi connectivity index (χ2n) is 12.8. The summed E-state index contributed by atoms with van der Waals surface area (Å²) in [6.07, 6.45) is 13.5. The zero-order valence-corrected chi connectivity index (χ0v) is 22.2. The number of hydrogen-bond donors (Lipinski definition) is 0. The van der Waals surface area contributed by atoms with Crippen LogP contribution in [0.1, 0.15) is 52.9 Å². The lowest BCUT2D eigenvalue weighted by Gasteiger charge is -2.57. The molecule has 0 aromatic carbocycles. The SMILES string of the molecule is CC1C[C@H]2[C@@H]3CCC4=CC(=O)C=C[C@]4(C)[C@H]3CC[C@]2(C)[C@H]1C(=O)CN1CCN(c2ccccn2)CC1. The summed E-state index contributed by atoms with van der Waals surface area (Å²) in [4.78, 5) is 35.2. The van der Waals surface area contributed by atoms with Crippen LogP contribution in [0.25, 0.3) is 0 Å². The van der Waals surface area contributed by atoms with Gasteiger partial charge in [0.15, 0.2) is 11.6 Å². The van der Waals surface area contributed by atoms with E-state index >= 15 is 0 Å². The van der Waals surface area contributed by atoms with Gasteiger partial charge in [-0.1, -0.05) is 38.5 Å². The van der Waals surface area contributed by atoms with Crippen LogP contribution in [0.2, 0.25) is 0 Å². The van der Waals surface area contributed by atoms with Gasteiger partial charge in [-0.3, -0.25) is 14.5 Å². The normalized spacial score (nSPS) is 40.3. The molecule has 1 aromatic heterocycles.